The summed E-state index contributed by atoms with van der Waals surface area (Å²) in [6, 6.07) is 16.4. The van der Waals surface area contributed by atoms with E-state index in [0.717, 1.165) is 11.1 Å². The number of amides is 4. The summed E-state index contributed by atoms with van der Waals surface area (Å²) < 4.78 is 5.32. The Hall–Kier alpha value is -4.87. The van der Waals surface area contributed by atoms with Gasteiger partial charge >= 0.3 is 6.09 Å². The summed E-state index contributed by atoms with van der Waals surface area (Å²) in [5, 5.41) is 11.2. The van der Waals surface area contributed by atoms with Crippen molar-refractivity contribution in [3.8, 4) is 0 Å². The standard InChI is InChI=1S/C34H49N7O5/c1-23(2)20-28(31(43)38-21-29(24(3)4)39-30(42)18-17-25-12-7-5-8-13-25)40-32(44)27(16-11-19-37-33(35)36)41-34(45)46-22-26-14-9-6-10-15-26/h5-10,12-15,17-18,23-24,27-29H,11,16,19-22H2,1-4H3,(H,38,43)(H,39,42)(H,40,44)(H,41,45)(H4,35,36,37)/b18-17+. The predicted molar refractivity (Wildman–Crippen MR) is 180 cm³/mol. The first-order valence-corrected chi connectivity index (χ1v) is 15.6. The number of hydrogen-bond donors (Lipinski definition) is 6. The van der Waals surface area contributed by atoms with E-state index in [9.17, 15) is 19.2 Å². The largest absolute Gasteiger partial charge is 0.445 e. The summed E-state index contributed by atoms with van der Waals surface area (Å²) in [7, 11) is 0. The maximum atomic E-state index is 13.4. The molecule has 3 unspecified atom stereocenters. The Morgan fingerprint density at radius 2 is 1.50 bits per heavy atom. The van der Waals surface area contributed by atoms with Crippen molar-refractivity contribution in [3.05, 3.63) is 77.9 Å². The highest BCUT2D eigenvalue weighted by molar-refractivity contribution is 5.92. The summed E-state index contributed by atoms with van der Waals surface area (Å²) in [6.45, 7) is 8.22. The molecule has 0 spiro atoms. The van der Waals surface area contributed by atoms with Crippen molar-refractivity contribution in [1.82, 2.24) is 21.3 Å². The minimum Gasteiger partial charge on any atom is -0.445 e. The summed E-state index contributed by atoms with van der Waals surface area (Å²) in [5.74, 6) is -1.20. The normalized spacial score (nSPS) is 13.0. The molecular weight excluding hydrogens is 586 g/mol. The zero-order valence-corrected chi connectivity index (χ0v) is 27.2. The van der Waals surface area contributed by atoms with E-state index in [1.807, 2.05) is 88.4 Å². The maximum Gasteiger partial charge on any atom is 0.408 e. The molecule has 0 heterocycles. The van der Waals surface area contributed by atoms with E-state index in [-0.39, 0.29) is 55.9 Å². The molecule has 0 aromatic heterocycles. The van der Waals surface area contributed by atoms with Crippen LogP contribution < -0.4 is 32.7 Å². The van der Waals surface area contributed by atoms with Crippen molar-refractivity contribution in [2.45, 2.75) is 71.7 Å². The molecule has 2 rings (SSSR count). The Morgan fingerprint density at radius 1 is 0.848 bits per heavy atom. The smallest absolute Gasteiger partial charge is 0.408 e. The molecule has 8 N–H and O–H groups in total. The zero-order valence-electron chi connectivity index (χ0n) is 27.2. The molecule has 46 heavy (non-hydrogen) atoms. The predicted octanol–water partition coefficient (Wildman–Crippen LogP) is 2.84. The number of nitrogens with one attached hydrogen (secondary N) is 4. The fourth-order valence-electron chi connectivity index (χ4n) is 4.41. The first-order valence-electron chi connectivity index (χ1n) is 15.6. The molecule has 0 fully saturated rings. The van der Waals surface area contributed by atoms with Crippen molar-refractivity contribution < 1.29 is 23.9 Å². The molecule has 4 amide bonds. The molecular formula is C34H49N7O5. The van der Waals surface area contributed by atoms with Crippen LogP contribution in [0.3, 0.4) is 0 Å². The molecule has 3 atom stereocenters. The van der Waals surface area contributed by atoms with Crippen LogP contribution in [0.25, 0.3) is 6.08 Å². The quantitative estimate of drug-likeness (QED) is 0.0628. The summed E-state index contributed by atoms with van der Waals surface area (Å²) in [4.78, 5) is 56.0. The molecule has 0 aliphatic rings. The second-order valence-corrected chi connectivity index (χ2v) is 11.7. The number of benzene rings is 2. The number of rotatable bonds is 18. The minimum atomic E-state index is -1.00. The molecule has 2 aromatic carbocycles. The SMILES string of the molecule is CC(C)CC(NC(=O)C(CCCN=C(N)N)NC(=O)OCc1ccccc1)C(=O)NCC(NC(=O)/C=C/c1ccccc1)C(C)C. The molecule has 2 aromatic rings. The van der Waals surface area contributed by atoms with Crippen LogP contribution in [0.2, 0.25) is 0 Å². The van der Waals surface area contributed by atoms with Gasteiger partial charge in [0.1, 0.15) is 18.7 Å². The molecule has 0 aliphatic carbocycles. The fraction of sp³-hybridized carbons (Fsp3) is 0.441. The van der Waals surface area contributed by atoms with E-state index in [1.165, 1.54) is 6.08 Å². The lowest BCUT2D eigenvalue weighted by molar-refractivity contribution is -0.130. The molecule has 0 aliphatic heterocycles. The highest BCUT2D eigenvalue weighted by atomic mass is 16.5. The van der Waals surface area contributed by atoms with Gasteiger partial charge in [0.15, 0.2) is 5.96 Å². The van der Waals surface area contributed by atoms with E-state index < -0.39 is 30.0 Å². The molecule has 0 radical (unpaired) electrons. The zero-order chi connectivity index (χ0) is 33.9. The van der Waals surface area contributed by atoms with Gasteiger partial charge in [-0.2, -0.15) is 0 Å². The summed E-state index contributed by atoms with van der Waals surface area (Å²) >= 11 is 0. The third kappa shape index (κ3) is 15.2. The van der Waals surface area contributed by atoms with Crippen LogP contribution in [0, 0.1) is 11.8 Å². The van der Waals surface area contributed by atoms with Gasteiger partial charge < -0.3 is 37.5 Å². The van der Waals surface area contributed by atoms with E-state index in [4.69, 9.17) is 16.2 Å². The molecule has 12 nitrogen and oxygen atoms in total. The van der Waals surface area contributed by atoms with Gasteiger partial charge in [-0.3, -0.25) is 19.4 Å². The molecule has 12 heteroatoms. The minimum absolute atomic E-state index is 0.0215. The van der Waals surface area contributed by atoms with Gasteiger partial charge in [0.25, 0.3) is 0 Å². The monoisotopic (exact) mass is 635 g/mol. The second-order valence-electron chi connectivity index (χ2n) is 11.7. The van der Waals surface area contributed by atoms with Crippen LogP contribution >= 0.6 is 0 Å². The van der Waals surface area contributed by atoms with E-state index in [2.05, 4.69) is 26.3 Å². The molecule has 250 valence electrons. The number of nitrogens with zero attached hydrogens (tertiary/aromatic N) is 1. The van der Waals surface area contributed by atoms with E-state index >= 15 is 0 Å². The average Bonchev–Trinajstić information content (AvgIpc) is 3.02. The van der Waals surface area contributed by atoms with Crippen LogP contribution in [0.4, 0.5) is 4.79 Å². The van der Waals surface area contributed by atoms with Gasteiger partial charge in [0.05, 0.1) is 0 Å². The second kappa shape index (κ2) is 20.2. The summed E-state index contributed by atoms with van der Waals surface area (Å²) in [5.41, 5.74) is 12.5. The Balaban J connectivity index is 2.05. The number of nitrogens with two attached hydrogens (primary N) is 2. The number of hydrogen-bond acceptors (Lipinski definition) is 6. The highest BCUT2D eigenvalue weighted by Gasteiger charge is 2.28. The number of guanidine groups is 1. The Kier molecular flexibility index (Phi) is 16.4. The van der Waals surface area contributed by atoms with Crippen LogP contribution in [0.1, 0.15) is 58.1 Å². The number of carbonyl (C=O) groups is 4. The van der Waals surface area contributed by atoms with Gasteiger partial charge in [-0.25, -0.2) is 4.79 Å². The van der Waals surface area contributed by atoms with Gasteiger partial charge in [0.2, 0.25) is 17.7 Å². The molecule has 0 saturated carbocycles. The lowest BCUT2D eigenvalue weighted by Crippen LogP contribution is -2.55. The number of alkyl carbamates (subject to hydrolysis) is 1. The van der Waals surface area contributed by atoms with Crippen molar-refractivity contribution >= 4 is 35.9 Å². The first kappa shape index (κ1) is 37.3. The van der Waals surface area contributed by atoms with Gasteiger partial charge in [0, 0.05) is 25.2 Å². The van der Waals surface area contributed by atoms with Crippen molar-refractivity contribution in [2.24, 2.45) is 28.3 Å². The Morgan fingerprint density at radius 3 is 2.11 bits per heavy atom. The van der Waals surface area contributed by atoms with Crippen LogP contribution in [0.15, 0.2) is 71.7 Å². The maximum absolute atomic E-state index is 13.4. The number of aliphatic imine (C=N–C) groups is 1. The van der Waals surface area contributed by atoms with Crippen molar-refractivity contribution in [2.75, 3.05) is 13.1 Å². The van der Waals surface area contributed by atoms with E-state index in [1.54, 1.807) is 6.08 Å². The number of ether oxygens (including phenoxy) is 1. The first-order chi connectivity index (χ1) is 21.9. The van der Waals surface area contributed by atoms with Crippen LogP contribution in [0.5, 0.6) is 0 Å². The van der Waals surface area contributed by atoms with Gasteiger partial charge in [-0.15, -0.1) is 0 Å². The third-order valence-electron chi connectivity index (χ3n) is 6.96. The lowest BCUT2D eigenvalue weighted by atomic mass is 10.0. The Labute approximate surface area is 271 Å². The van der Waals surface area contributed by atoms with Crippen molar-refractivity contribution in [3.63, 3.8) is 0 Å². The van der Waals surface area contributed by atoms with Gasteiger partial charge in [-0.05, 0) is 48.3 Å². The highest BCUT2D eigenvalue weighted by Crippen LogP contribution is 2.09. The third-order valence-corrected chi connectivity index (χ3v) is 6.96. The fourth-order valence-corrected chi connectivity index (χ4v) is 4.41. The number of carbonyl (C=O) groups excluding carboxylic acids is 4. The van der Waals surface area contributed by atoms with E-state index in [0.29, 0.717) is 12.8 Å². The van der Waals surface area contributed by atoms with Gasteiger partial charge in [-0.1, -0.05) is 88.4 Å². The lowest BCUT2D eigenvalue weighted by Gasteiger charge is -2.26. The van der Waals surface area contributed by atoms with Crippen LogP contribution in [-0.2, 0) is 25.7 Å². The Bertz CT molecular complexity index is 1300. The molecule has 0 bridgehead atoms. The average molecular weight is 636 g/mol. The summed E-state index contributed by atoms with van der Waals surface area (Å²) in [6.07, 6.45) is 3.36. The topological polar surface area (TPSA) is 190 Å². The van der Waals surface area contributed by atoms with Crippen LogP contribution in [-0.4, -0.2) is 61.0 Å². The molecule has 0 saturated heterocycles. The van der Waals surface area contributed by atoms with Crippen molar-refractivity contribution in [1.29, 1.82) is 0 Å².